The highest BCUT2D eigenvalue weighted by atomic mass is 19.3. The van der Waals surface area contributed by atoms with Crippen molar-refractivity contribution in [1.82, 2.24) is 25.5 Å². The van der Waals surface area contributed by atoms with Gasteiger partial charge in [-0.3, -0.25) is 4.98 Å². The van der Waals surface area contributed by atoms with Gasteiger partial charge in [0, 0.05) is 24.2 Å². The van der Waals surface area contributed by atoms with E-state index in [-0.39, 0.29) is 11.9 Å². The number of nitrogens with zero attached hydrogens (tertiary/aromatic N) is 4. The van der Waals surface area contributed by atoms with E-state index in [2.05, 4.69) is 25.5 Å². The third kappa shape index (κ3) is 5.71. The first kappa shape index (κ1) is 21.7. The van der Waals surface area contributed by atoms with Crippen LogP contribution in [0.15, 0.2) is 47.3 Å². The van der Waals surface area contributed by atoms with Crippen molar-refractivity contribution in [3.8, 4) is 11.5 Å². The van der Waals surface area contributed by atoms with Gasteiger partial charge in [-0.25, -0.2) is 4.98 Å². The van der Waals surface area contributed by atoms with Gasteiger partial charge in [0.05, 0.1) is 23.0 Å². The summed E-state index contributed by atoms with van der Waals surface area (Å²) in [7, 11) is 0. The number of nitrogens with one attached hydrogen (secondary N) is 1. The molecule has 3 heterocycles. The molecule has 1 atom stereocenters. The molecule has 154 valence electrons. The molecule has 0 bridgehead atoms. The second kappa shape index (κ2) is 10.1. The van der Waals surface area contributed by atoms with Crippen molar-refractivity contribution in [2.45, 2.75) is 33.2 Å². The van der Waals surface area contributed by atoms with Crippen LogP contribution in [-0.4, -0.2) is 20.2 Å². The van der Waals surface area contributed by atoms with E-state index < -0.39 is 12.3 Å². The number of pyridine rings is 2. The molecule has 0 aliphatic carbocycles. The van der Waals surface area contributed by atoms with Crippen molar-refractivity contribution in [2.75, 3.05) is 5.73 Å². The first-order valence-electron chi connectivity index (χ1n) is 8.95. The lowest BCUT2D eigenvalue weighted by atomic mass is 10.1. The number of aromatic nitrogens is 4. The Hall–Kier alpha value is -3.56. The van der Waals surface area contributed by atoms with E-state index in [9.17, 15) is 8.78 Å². The number of nitrogen functional groups attached to an aromatic ring is 1. The van der Waals surface area contributed by atoms with Gasteiger partial charge in [-0.1, -0.05) is 13.8 Å². The molecule has 0 saturated heterocycles. The predicted molar refractivity (Wildman–Crippen MR) is 106 cm³/mol. The quantitative estimate of drug-likeness (QED) is 0.568. The van der Waals surface area contributed by atoms with Crippen molar-refractivity contribution < 1.29 is 13.2 Å². The van der Waals surface area contributed by atoms with Gasteiger partial charge in [0.25, 0.3) is 5.89 Å². The van der Waals surface area contributed by atoms with Crippen LogP contribution in [0.25, 0.3) is 17.2 Å². The van der Waals surface area contributed by atoms with Gasteiger partial charge in [0.1, 0.15) is 5.82 Å². The number of nitrogens with two attached hydrogens (primary N) is 2. The van der Waals surface area contributed by atoms with Crippen LogP contribution in [0.5, 0.6) is 0 Å². The van der Waals surface area contributed by atoms with Crippen molar-refractivity contribution in [2.24, 2.45) is 5.73 Å². The third-order valence-electron chi connectivity index (χ3n) is 3.71. The van der Waals surface area contributed by atoms with Gasteiger partial charge in [-0.05, 0) is 31.2 Å². The maximum Gasteiger partial charge on any atom is 0.314 e. The SMILES string of the molecule is CC.C[C@@H](N/C=C(\N)c1ccc(N)nc1)c1ccc(-c2nnc(C(F)F)o2)cn1. The van der Waals surface area contributed by atoms with Crippen LogP contribution < -0.4 is 16.8 Å². The van der Waals surface area contributed by atoms with Crippen LogP contribution in [0, 0.1) is 0 Å². The summed E-state index contributed by atoms with van der Waals surface area (Å²) in [6.45, 7) is 5.90. The lowest BCUT2D eigenvalue weighted by Gasteiger charge is -2.12. The number of hydrogen-bond donors (Lipinski definition) is 3. The third-order valence-corrected chi connectivity index (χ3v) is 3.71. The van der Waals surface area contributed by atoms with E-state index >= 15 is 0 Å². The zero-order valence-electron chi connectivity index (χ0n) is 16.3. The summed E-state index contributed by atoms with van der Waals surface area (Å²) >= 11 is 0. The molecule has 10 heteroatoms. The molecule has 0 aliphatic heterocycles. The molecule has 0 aromatic carbocycles. The standard InChI is InChI=1S/C17H17F2N7O.C2H6/c1-9(22-8-12(20)10-3-5-14(21)24-6-10)13-4-2-11(7-23-13)16-25-26-17(27-16)15(18)19;1-2/h2-9,15,22H,20H2,1H3,(H2,21,24);1-2H3/b12-8-;/t9-;/m1./s1. The second-order valence-electron chi connectivity index (χ2n) is 5.68. The minimum absolute atomic E-state index is 0.00930. The summed E-state index contributed by atoms with van der Waals surface area (Å²) in [6.07, 6.45) is 1.91. The molecule has 0 radical (unpaired) electrons. The molecule has 3 aromatic heterocycles. The summed E-state index contributed by atoms with van der Waals surface area (Å²) in [5, 5.41) is 10.0. The number of halogens is 2. The van der Waals surface area contributed by atoms with Gasteiger partial charge in [-0.2, -0.15) is 8.78 Å². The first-order chi connectivity index (χ1) is 13.9. The monoisotopic (exact) mass is 403 g/mol. The number of hydrogen-bond acceptors (Lipinski definition) is 8. The molecule has 0 fully saturated rings. The molecule has 0 aliphatic rings. The second-order valence-corrected chi connectivity index (χ2v) is 5.68. The minimum atomic E-state index is -2.81. The fourth-order valence-corrected chi connectivity index (χ4v) is 2.19. The summed E-state index contributed by atoms with van der Waals surface area (Å²) in [6, 6.07) is 6.68. The van der Waals surface area contributed by atoms with Crippen molar-refractivity contribution in [3.63, 3.8) is 0 Å². The van der Waals surface area contributed by atoms with E-state index in [1.165, 1.54) is 6.20 Å². The summed E-state index contributed by atoms with van der Waals surface area (Å²) < 4.78 is 29.9. The highest BCUT2D eigenvalue weighted by Crippen LogP contribution is 2.23. The van der Waals surface area contributed by atoms with Gasteiger partial charge < -0.3 is 21.2 Å². The summed E-state index contributed by atoms with van der Waals surface area (Å²) in [5.74, 6) is -0.314. The van der Waals surface area contributed by atoms with Crippen LogP contribution in [0.4, 0.5) is 14.6 Å². The minimum Gasteiger partial charge on any atom is -0.415 e. The van der Waals surface area contributed by atoms with Crippen LogP contribution in [0.1, 0.15) is 50.4 Å². The number of alkyl halides is 2. The van der Waals surface area contributed by atoms with E-state index in [1.807, 2.05) is 20.8 Å². The van der Waals surface area contributed by atoms with Crippen LogP contribution >= 0.6 is 0 Å². The molecule has 0 amide bonds. The summed E-state index contributed by atoms with van der Waals surface area (Å²) in [4.78, 5) is 8.28. The largest absolute Gasteiger partial charge is 0.415 e. The molecular formula is C19H23F2N7O. The lowest BCUT2D eigenvalue weighted by Crippen LogP contribution is -2.15. The van der Waals surface area contributed by atoms with Gasteiger partial charge in [-0.15, -0.1) is 10.2 Å². The smallest absolute Gasteiger partial charge is 0.314 e. The van der Waals surface area contributed by atoms with E-state index in [0.29, 0.717) is 22.8 Å². The lowest BCUT2D eigenvalue weighted by molar-refractivity contribution is 0.116. The molecular weight excluding hydrogens is 380 g/mol. The van der Waals surface area contributed by atoms with Crippen LogP contribution in [0.2, 0.25) is 0 Å². The maximum absolute atomic E-state index is 12.5. The fraction of sp³-hybridized carbons (Fsp3) is 0.263. The van der Waals surface area contributed by atoms with E-state index in [4.69, 9.17) is 15.9 Å². The molecule has 3 aromatic rings. The number of rotatable bonds is 6. The van der Waals surface area contributed by atoms with Gasteiger partial charge in [0.2, 0.25) is 5.89 Å². The first-order valence-corrected chi connectivity index (χ1v) is 8.95. The molecule has 3 rings (SSSR count). The Morgan fingerprint density at radius 1 is 1.10 bits per heavy atom. The normalized spacial score (nSPS) is 12.3. The Labute approximate surface area is 167 Å². The highest BCUT2D eigenvalue weighted by Gasteiger charge is 2.17. The number of anilines is 1. The van der Waals surface area contributed by atoms with E-state index in [1.54, 1.807) is 36.7 Å². The fourth-order valence-electron chi connectivity index (χ4n) is 2.19. The molecule has 5 N–H and O–H groups in total. The van der Waals surface area contributed by atoms with Gasteiger partial charge in [0.15, 0.2) is 0 Å². The molecule has 8 nitrogen and oxygen atoms in total. The Morgan fingerprint density at radius 3 is 2.41 bits per heavy atom. The Balaban J connectivity index is 0.00000145. The topological polar surface area (TPSA) is 129 Å². The molecule has 0 saturated carbocycles. The Kier molecular flexibility index (Phi) is 7.58. The Morgan fingerprint density at radius 2 is 1.86 bits per heavy atom. The van der Waals surface area contributed by atoms with Crippen molar-refractivity contribution in [1.29, 1.82) is 0 Å². The molecule has 0 spiro atoms. The molecule has 29 heavy (non-hydrogen) atoms. The average Bonchev–Trinajstić information content (AvgIpc) is 3.24. The Bertz CT molecular complexity index is 924. The highest BCUT2D eigenvalue weighted by molar-refractivity contribution is 5.62. The van der Waals surface area contributed by atoms with E-state index in [0.717, 1.165) is 5.56 Å². The van der Waals surface area contributed by atoms with Crippen LogP contribution in [-0.2, 0) is 0 Å². The summed E-state index contributed by atoms with van der Waals surface area (Å²) in [5.41, 5.74) is 14.0. The van der Waals surface area contributed by atoms with Crippen LogP contribution in [0.3, 0.4) is 0 Å². The van der Waals surface area contributed by atoms with Gasteiger partial charge >= 0.3 is 6.43 Å². The van der Waals surface area contributed by atoms with Crippen molar-refractivity contribution in [3.05, 3.63) is 60.0 Å². The average molecular weight is 403 g/mol. The zero-order valence-corrected chi connectivity index (χ0v) is 16.3. The zero-order chi connectivity index (χ0) is 21.4. The maximum atomic E-state index is 12.5. The predicted octanol–water partition coefficient (Wildman–Crippen LogP) is 3.68. The molecule has 0 unspecified atom stereocenters. The van der Waals surface area contributed by atoms with Crippen molar-refractivity contribution >= 4 is 11.5 Å².